The molecular weight excluding hydrogens is 172 g/mol. The van der Waals surface area contributed by atoms with Crippen molar-refractivity contribution in [2.24, 2.45) is 0 Å². The zero-order chi connectivity index (χ0) is 9.42. The third-order valence-corrected chi connectivity index (χ3v) is 2.62. The highest BCUT2D eigenvalue weighted by Crippen LogP contribution is 2.19. The Morgan fingerprint density at radius 2 is 1.54 bits per heavy atom. The number of nitrogens with one attached hydrogen (secondary N) is 2. The van der Waals surface area contributed by atoms with Crippen molar-refractivity contribution in [2.75, 3.05) is 7.11 Å². The maximum Gasteiger partial charge on any atom is 0.113 e. The first-order chi connectivity index (χ1) is 6.24. The average molecular weight is 186 g/mol. The van der Waals surface area contributed by atoms with E-state index in [0.717, 1.165) is 0 Å². The summed E-state index contributed by atoms with van der Waals surface area (Å²) in [5.74, 6) is 0. The topological polar surface area (TPSA) is 73.8 Å². The van der Waals surface area contributed by atoms with E-state index < -0.39 is 18.3 Å². The van der Waals surface area contributed by atoms with Gasteiger partial charge in [-0.1, -0.05) is 12.2 Å². The van der Waals surface area contributed by atoms with Crippen molar-refractivity contribution in [3.63, 3.8) is 0 Å². The molecule has 1 aliphatic carbocycles. The highest BCUT2D eigenvalue weighted by Gasteiger charge is 2.41. The van der Waals surface area contributed by atoms with Crippen LogP contribution in [0.1, 0.15) is 0 Å². The predicted molar refractivity (Wildman–Crippen MR) is 45.8 cm³/mol. The lowest BCUT2D eigenvalue weighted by Crippen LogP contribution is -2.51. The van der Waals surface area contributed by atoms with E-state index in [-0.39, 0.29) is 12.1 Å². The van der Waals surface area contributed by atoms with E-state index in [1.165, 1.54) is 7.11 Å². The number of hydrazine groups is 1. The first-order valence-electron chi connectivity index (χ1n) is 4.32. The Kier molecular flexibility index (Phi) is 2.35. The zero-order valence-corrected chi connectivity index (χ0v) is 7.34. The molecule has 0 spiro atoms. The molecule has 3 rings (SSSR count). The molecular formula is C8H14N2O3. The number of aliphatic hydroxyl groups excluding tert-OH is 2. The number of hydrogen-bond donors (Lipinski definition) is 4. The number of hydrogen-bond acceptors (Lipinski definition) is 5. The average Bonchev–Trinajstić information content (AvgIpc) is 2.34. The van der Waals surface area contributed by atoms with Crippen LogP contribution in [-0.4, -0.2) is 47.7 Å². The van der Waals surface area contributed by atoms with E-state index in [4.69, 9.17) is 4.74 Å². The van der Waals surface area contributed by atoms with Gasteiger partial charge >= 0.3 is 0 Å². The van der Waals surface area contributed by atoms with Gasteiger partial charge in [-0.3, -0.25) is 0 Å². The molecule has 2 aliphatic heterocycles. The van der Waals surface area contributed by atoms with Crippen LogP contribution in [0.2, 0.25) is 0 Å². The molecule has 74 valence electrons. The summed E-state index contributed by atoms with van der Waals surface area (Å²) in [6.45, 7) is 0. The van der Waals surface area contributed by atoms with Crippen LogP contribution < -0.4 is 10.9 Å². The minimum Gasteiger partial charge on any atom is -0.388 e. The molecule has 5 nitrogen and oxygen atoms in total. The maximum atomic E-state index is 9.77. The highest BCUT2D eigenvalue weighted by atomic mass is 16.5. The molecule has 0 aromatic heterocycles. The Morgan fingerprint density at radius 3 is 1.85 bits per heavy atom. The molecule has 0 amide bonds. The van der Waals surface area contributed by atoms with Gasteiger partial charge in [-0.2, -0.15) is 0 Å². The molecule has 2 heterocycles. The van der Waals surface area contributed by atoms with Gasteiger partial charge in [0.25, 0.3) is 0 Å². The largest absolute Gasteiger partial charge is 0.388 e. The van der Waals surface area contributed by atoms with E-state index >= 15 is 0 Å². The summed E-state index contributed by atoms with van der Waals surface area (Å²) >= 11 is 0. The van der Waals surface area contributed by atoms with Crippen molar-refractivity contribution in [1.29, 1.82) is 0 Å². The Morgan fingerprint density at radius 1 is 1.08 bits per heavy atom. The van der Waals surface area contributed by atoms with Crippen LogP contribution in [0.5, 0.6) is 0 Å². The summed E-state index contributed by atoms with van der Waals surface area (Å²) in [6, 6.07) is -0.392. The van der Waals surface area contributed by atoms with Crippen molar-refractivity contribution in [2.45, 2.75) is 30.4 Å². The van der Waals surface area contributed by atoms with E-state index in [9.17, 15) is 10.2 Å². The van der Waals surface area contributed by atoms with Crippen LogP contribution in [-0.2, 0) is 4.74 Å². The van der Waals surface area contributed by atoms with Crippen LogP contribution >= 0.6 is 0 Å². The highest BCUT2D eigenvalue weighted by molar-refractivity contribution is 5.14. The molecule has 1 fully saturated rings. The van der Waals surface area contributed by atoms with E-state index in [1.54, 1.807) is 0 Å². The van der Waals surface area contributed by atoms with Gasteiger partial charge in [-0.05, 0) is 0 Å². The lowest BCUT2D eigenvalue weighted by molar-refractivity contribution is -0.0795. The monoisotopic (exact) mass is 186 g/mol. The van der Waals surface area contributed by atoms with Crippen LogP contribution in [0.25, 0.3) is 0 Å². The summed E-state index contributed by atoms with van der Waals surface area (Å²) in [5, 5.41) is 19.5. The summed E-state index contributed by atoms with van der Waals surface area (Å²) in [4.78, 5) is 0. The minimum atomic E-state index is -0.726. The maximum absolute atomic E-state index is 9.77. The molecule has 5 heteroatoms. The van der Waals surface area contributed by atoms with Gasteiger partial charge in [0.05, 0.1) is 12.1 Å². The quantitative estimate of drug-likeness (QED) is 0.361. The third kappa shape index (κ3) is 1.38. The first kappa shape index (κ1) is 9.11. The fraction of sp³-hybridized carbons (Fsp3) is 0.750. The van der Waals surface area contributed by atoms with Gasteiger partial charge in [0.15, 0.2) is 0 Å². The lowest BCUT2D eigenvalue weighted by Gasteiger charge is -2.25. The number of ether oxygens (including phenoxy) is 1. The van der Waals surface area contributed by atoms with Crippen LogP contribution in [0.3, 0.4) is 0 Å². The SMILES string of the molecule is COC1C(O)C2C=CC(NN2)C1O. The summed E-state index contributed by atoms with van der Waals surface area (Å²) in [7, 11) is 1.49. The Balaban J connectivity index is 2.25. The lowest BCUT2D eigenvalue weighted by atomic mass is 10.0. The van der Waals surface area contributed by atoms with Crippen molar-refractivity contribution in [3.8, 4) is 0 Å². The van der Waals surface area contributed by atoms with E-state index in [2.05, 4.69) is 10.9 Å². The number of rotatable bonds is 1. The minimum absolute atomic E-state index is 0.196. The number of fused-ring (bicyclic) bond motifs is 3. The molecule has 0 radical (unpaired) electrons. The summed E-state index contributed by atoms with van der Waals surface area (Å²) in [5.41, 5.74) is 5.80. The predicted octanol–water partition coefficient (Wildman–Crippen LogP) is -1.86. The third-order valence-electron chi connectivity index (χ3n) is 2.62. The fourth-order valence-corrected chi connectivity index (χ4v) is 1.82. The van der Waals surface area contributed by atoms with E-state index in [0.29, 0.717) is 0 Å². The van der Waals surface area contributed by atoms with Gasteiger partial charge in [0.2, 0.25) is 0 Å². The molecule has 0 aromatic rings. The van der Waals surface area contributed by atoms with Gasteiger partial charge in [0, 0.05) is 7.11 Å². The molecule has 3 aliphatic rings. The normalized spacial score (nSPS) is 49.3. The first-order valence-corrected chi connectivity index (χ1v) is 4.32. The molecule has 1 saturated heterocycles. The van der Waals surface area contributed by atoms with Gasteiger partial charge in [0.1, 0.15) is 18.3 Å². The molecule has 0 aromatic carbocycles. The molecule has 4 N–H and O–H groups in total. The fourth-order valence-electron chi connectivity index (χ4n) is 1.82. The van der Waals surface area contributed by atoms with Gasteiger partial charge < -0.3 is 14.9 Å². The van der Waals surface area contributed by atoms with Gasteiger partial charge in [-0.15, -0.1) is 0 Å². The summed E-state index contributed by atoms with van der Waals surface area (Å²) < 4.78 is 5.06. The molecule has 2 bridgehead atoms. The molecule has 4 unspecified atom stereocenters. The van der Waals surface area contributed by atoms with E-state index in [1.807, 2.05) is 12.2 Å². The zero-order valence-electron chi connectivity index (χ0n) is 7.34. The second-order valence-electron chi connectivity index (χ2n) is 3.41. The Bertz CT molecular complexity index is 201. The molecule has 13 heavy (non-hydrogen) atoms. The van der Waals surface area contributed by atoms with Crippen LogP contribution in [0.15, 0.2) is 12.2 Å². The van der Waals surface area contributed by atoms with Crippen LogP contribution in [0.4, 0.5) is 0 Å². The van der Waals surface area contributed by atoms with Crippen molar-refractivity contribution in [3.05, 3.63) is 12.2 Å². The van der Waals surface area contributed by atoms with Crippen molar-refractivity contribution >= 4 is 0 Å². The Labute approximate surface area is 76.4 Å². The number of methoxy groups -OCH3 is 1. The molecule has 0 saturated carbocycles. The molecule has 4 atom stereocenters. The Hall–Kier alpha value is -0.460. The van der Waals surface area contributed by atoms with Crippen LogP contribution in [0, 0.1) is 0 Å². The van der Waals surface area contributed by atoms with Crippen molar-refractivity contribution in [1.82, 2.24) is 10.9 Å². The second-order valence-corrected chi connectivity index (χ2v) is 3.41. The summed E-state index contributed by atoms with van der Waals surface area (Å²) in [6.07, 6.45) is 1.68. The standard InChI is InChI=1S/C8H14N2O3/c1-13-8-6(11)4-2-3-5(7(8)12)10-9-4/h2-12H,1H3. The number of aliphatic hydroxyl groups is 2. The van der Waals surface area contributed by atoms with Gasteiger partial charge in [-0.25, -0.2) is 10.9 Å². The smallest absolute Gasteiger partial charge is 0.113 e. The van der Waals surface area contributed by atoms with Crippen molar-refractivity contribution < 1.29 is 14.9 Å². The second kappa shape index (κ2) is 3.36.